The van der Waals surface area contributed by atoms with Crippen LogP contribution in [0.4, 0.5) is 0 Å². The molecule has 0 aliphatic heterocycles. The van der Waals surface area contributed by atoms with Crippen molar-refractivity contribution >= 4 is 37.8 Å². The van der Waals surface area contributed by atoms with Crippen LogP contribution >= 0.6 is 31.9 Å². The van der Waals surface area contributed by atoms with Crippen LogP contribution in [0.1, 0.15) is 28.8 Å². The number of rotatable bonds is 4. The highest BCUT2D eigenvalue weighted by molar-refractivity contribution is 9.10. The van der Waals surface area contributed by atoms with Gasteiger partial charge in [-0.15, -0.1) is 0 Å². The van der Waals surface area contributed by atoms with Gasteiger partial charge in [0.2, 0.25) is 0 Å². The van der Waals surface area contributed by atoms with Crippen molar-refractivity contribution in [1.29, 1.82) is 0 Å². The maximum Gasteiger partial charge on any atom is 0.273 e. The molecule has 2 aromatic rings. The van der Waals surface area contributed by atoms with Gasteiger partial charge in [-0.1, -0.05) is 0 Å². The summed E-state index contributed by atoms with van der Waals surface area (Å²) in [6.45, 7) is 5.12. The molecule has 0 fully saturated rings. The molecule has 0 saturated carbocycles. The van der Waals surface area contributed by atoms with Crippen LogP contribution in [-0.4, -0.2) is 37.4 Å². The third kappa shape index (κ3) is 3.06. The second-order valence-electron chi connectivity index (χ2n) is 4.79. The van der Waals surface area contributed by atoms with Crippen LogP contribution in [0.5, 0.6) is 0 Å². The molecule has 0 saturated heterocycles. The van der Waals surface area contributed by atoms with Gasteiger partial charge in [0.1, 0.15) is 5.69 Å². The van der Waals surface area contributed by atoms with Crippen molar-refractivity contribution in [2.75, 3.05) is 7.05 Å². The first-order valence-corrected chi connectivity index (χ1v) is 8.10. The van der Waals surface area contributed by atoms with Gasteiger partial charge in [0.15, 0.2) is 0 Å². The Morgan fingerprint density at radius 1 is 1.43 bits per heavy atom. The SMILES string of the molecule is CCn1ncc(Br)c1CN(C)C(=O)c1c(Br)c(C)nn1C. The standard InChI is InChI=1S/C13H17Br2N5O/c1-5-20-10(9(14)6-16-20)7-18(3)13(21)12-11(15)8(2)17-19(12)4/h6H,5,7H2,1-4H3. The van der Waals surface area contributed by atoms with E-state index in [1.807, 2.05) is 18.5 Å². The lowest BCUT2D eigenvalue weighted by Crippen LogP contribution is -2.29. The summed E-state index contributed by atoms with van der Waals surface area (Å²) in [4.78, 5) is 14.3. The Morgan fingerprint density at radius 2 is 2.10 bits per heavy atom. The zero-order chi connectivity index (χ0) is 15.7. The summed E-state index contributed by atoms with van der Waals surface area (Å²) in [5.41, 5.74) is 2.33. The van der Waals surface area contributed by atoms with E-state index in [1.165, 1.54) is 0 Å². The Hall–Kier alpha value is -1.15. The molecular formula is C13H17Br2N5O. The highest BCUT2D eigenvalue weighted by atomic mass is 79.9. The molecule has 8 heteroatoms. The fraction of sp³-hybridized carbons (Fsp3) is 0.462. The van der Waals surface area contributed by atoms with Gasteiger partial charge in [0.25, 0.3) is 5.91 Å². The molecule has 0 bridgehead atoms. The second-order valence-corrected chi connectivity index (χ2v) is 6.44. The van der Waals surface area contributed by atoms with E-state index in [9.17, 15) is 4.79 Å². The van der Waals surface area contributed by atoms with Crippen molar-refractivity contribution in [2.24, 2.45) is 7.05 Å². The van der Waals surface area contributed by atoms with Crippen molar-refractivity contribution in [3.63, 3.8) is 0 Å². The lowest BCUT2D eigenvalue weighted by Gasteiger charge is -2.18. The third-order valence-corrected chi connectivity index (χ3v) is 4.89. The molecule has 2 rings (SSSR count). The quantitative estimate of drug-likeness (QED) is 0.766. The molecule has 21 heavy (non-hydrogen) atoms. The number of carbonyl (C=O) groups excluding carboxylic acids is 1. The highest BCUT2D eigenvalue weighted by Crippen LogP contribution is 2.23. The summed E-state index contributed by atoms with van der Waals surface area (Å²) in [6.07, 6.45) is 1.75. The lowest BCUT2D eigenvalue weighted by atomic mass is 10.3. The van der Waals surface area contributed by atoms with Gasteiger partial charge >= 0.3 is 0 Å². The molecule has 0 aliphatic carbocycles. The number of aryl methyl sites for hydroxylation is 3. The molecule has 0 aliphatic rings. The van der Waals surface area contributed by atoms with Crippen LogP contribution in [0, 0.1) is 6.92 Å². The predicted octanol–water partition coefficient (Wildman–Crippen LogP) is 2.74. The molecule has 0 aromatic carbocycles. The van der Waals surface area contributed by atoms with Gasteiger partial charge in [-0.05, 0) is 45.7 Å². The number of hydrogen-bond donors (Lipinski definition) is 0. The lowest BCUT2D eigenvalue weighted by molar-refractivity contribution is 0.0769. The van der Waals surface area contributed by atoms with E-state index < -0.39 is 0 Å². The molecule has 0 N–H and O–H groups in total. The molecular weight excluding hydrogens is 402 g/mol. The molecule has 0 unspecified atom stereocenters. The van der Waals surface area contributed by atoms with Crippen molar-refractivity contribution in [3.05, 3.63) is 32.2 Å². The first-order valence-electron chi connectivity index (χ1n) is 6.51. The topological polar surface area (TPSA) is 56.0 Å². The van der Waals surface area contributed by atoms with Crippen LogP contribution in [0.2, 0.25) is 0 Å². The largest absolute Gasteiger partial charge is 0.334 e. The highest BCUT2D eigenvalue weighted by Gasteiger charge is 2.23. The van der Waals surface area contributed by atoms with E-state index in [4.69, 9.17) is 0 Å². The Morgan fingerprint density at radius 3 is 2.62 bits per heavy atom. The third-order valence-electron chi connectivity index (χ3n) is 3.28. The van der Waals surface area contributed by atoms with Crippen molar-refractivity contribution < 1.29 is 4.79 Å². The first-order chi connectivity index (χ1) is 9.86. The van der Waals surface area contributed by atoms with Crippen LogP contribution in [0.15, 0.2) is 15.1 Å². The maximum absolute atomic E-state index is 12.6. The number of amides is 1. The predicted molar refractivity (Wildman–Crippen MR) is 87.0 cm³/mol. The van der Waals surface area contributed by atoms with Gasteiger partial charge in [0, 0.05) is 20.6 Å². The molecule has 114 valence electrons. The maximum atomic E-state index is 12.6. The molecule has 6 nitrogen and oxygen atoms in total. The molecule has 0 spiro atoms. The number of halogens is 2. The minimum absolute atomic E-state index is 0.0827. The summed E-state index contributed by atoms with van der Waals surface area (Å²) in [5.74, 6) is -0.0827. The van der Waals surface area contributed by atoms with Crippen molar-refractivity contribution in [1.82, 2.24) is 24.5 Å². The second kappa shape index (κ2) is 6.31. The van der Waals surface area contributed by atoms with Gasteiger partial charge in [-0.2, -0.15) is 10.2 Å². The molecule has 0 atom stereocenters. The number of aromatic nitrogens is 4. The smallest absolute Gasteiger partial charge is 0.273 e. The summed E-state index contributed by atoms with van der Waals surface area (Å²) in [7, 11) is 3.54. The van der Waals surface area contributed by atoms with E-state index in [0.29, 0.717) is 12.2 Å². The van der Waals surface area contributed by atoms with E-state index in [1.54, 1.807) is 29.9 Å². The Labute approximate surface area is 140 Å². The average Bonchev–Trinajstić information content (AvgIpc) is 2.90. The monoisotopic (exact) mass is 417 g/mol. The van der Waals surface area contributed by atoms with Crippen molar-refractivity contribution in [3.8, 4) is 0 Å². The summed E-state index contributed by atoms with van der Waals surface area (Å²) >= 11 is 6.91. The van der Waals surface area contributed by atoms with Gasteiger partial charge in [-0.3, -0.25) is 14.2 Å². The zero-order valence-electron chi connectivity index (χ0n) is 12.4. The van der Waals surface area contributed by atoms with E-state index >= 15 is 0 Å². The summed E-state index contributed by atoms with van der Waals surface area (Å²) in [6, 6.07) is 0. The van der Waals surface area contributed by atoms with E-state index in [2.05, 4.69) is 42.1 Å². The molecule has 2 heterocycles. The number of nitrogens with zero attached hydrogens (tertiary/aromatic N) is 5. The van der Waals surface area contributed by atoms with Crippen LogP contribution in [0.25, 0.3) is 0 Å². The molecule has 0 radical (unpaired) electrons. The minimum atomic E-state index is -0.0827. The van der Waals surface area contributed by atoms with Gasteiger partial charge in [0.05, 0.1) is 33.1 Å². The Balaban J connectivity index is 2.26. The van der Waals surface area contributed by atoms with Crippen molar-refractivity contribution in [2.45, 2.75) is 26.9 Å². The van der Waals surface area contributed by atoms with Gasteiger partial charge in [-0.25, -0.2) is 0 Å². The van der Waals surface area contributed by atoms with Crippen LogP contribution in [-0.2, 0) is 20.1 Å². The van der Waals surface area contributed by atoms with Crippen LogP contribution < -0.4 is 0 Å². The molecule has 1 amide bonds. The normalized spacial score (nSPS) is 11.0. The van der Waals surface area contributed by atoms with E-state index in [0.717, 1.165) is 26.9 Å². The summed E-state index contributed by atoms with van der Waals surface area (Å²) in [5, 5.41) is 8.52. The number of hydrogen-bond acceptors (Lipinski definition) is 3. The fourth-order valence-corrected chi connectivity index (χ4v) is 3.09. The van der Waals surface area contributed by atoms with E-state index in [-0.39, 0.29) is 5.91 Å². The summed E-state index contributed by atoms with van der Waals surface area (Å²) < 4.78 is 5.12. The van der Waals surface area contributed by atoms with Crippen LogP contribution in [0.3, 0.4) is 0 Å². The zero-order valence-corrected chi connectivity index (χ0v) is 15.6. The minimum Gasteiger partial charge on any atom is -0.334 e. The Kier molecular flexibility index (Phi) is 4.88. The first kappa shape index (κ1) is 16.2. The molecule has 2 aromatic heterocycles. The average molecular weight is 419 g/mol. The fourth-order valence-electron chi connectivity index (χ4n) is 2.16. The Bertz CT molecular complexity index is 676. The van der Waals surface area contributed by atoms with Gasteiger partial charge < -0.3 is 4.90 Å². The number of carbonyl (C=O) groups is 1.